The molecule has 6 nitrogen and oxygen atoms in total. The molecular weight excluding hydrogens is 279 g/mol. The van der Waals surface area contributed by atoms with E-state index in [9.17, 15) is 14.1 Å². The average Bonchev–Trinajstić information content (AvgIpc) is 2.46. The zero-order chi connectivity index (χ0) is 15.9. The molecule has 1 unspecified atom stereocenters. The number of rotatable bonds is 6. The average molecular weight is 304 g/mol. The SMILES string of the molecule is CC(C)CCCC(C)(NC(=O)N1CCOCC1)C(=O)OF. The van der Waals surface area contributed by atoms with E-state index in [1.807, 2.05) is 0 Å². The summed E-state index contributed by atoms with van der Waals surface area (Å²) in [4.78, 5) is 28.7. The molecule has 2 amide bonds. The van der Waals surface area contributed by atoms with Crippen molar-refractivity contribution in [3.05, 3.63) is 0 Å². The van der Waals surface area contributed by atoms with Crippen LogP contribution in [0.4, 0.5) is 9.32 Å². The third-order valence-corrected chi connectivity index (χ3v) is 3.66. The van der Waals surface area contributed by atoms with Crippen LogP contribution in [0.2, 0.25) is 0 Å². The van der Waals surface area contributed by atoms with Gasteiger partial charge in [-0.05, 0) is 19.3 Å². The largest absolute Gasteiger partial charge is 0.378 e. The van der Waals surface area contributed by atoms with Crippen molar-refractivity contribution in [1.82, 2.24) is 10.2 Å². The molecule has 1 atom stereocenters. The lowest BCUT2D eigenvalue weighted by Crippen LogP contribution is -2.57. The molecule has 0 aromatic heterocycles. The molecular formula is C14H25FN2O4. The summed E-state index contributed by atoms with van der Waals surface area (Å²) in [5, 5.41) is 2.60. The summed E-state index contributed by atoms with van der Waals surface area (Å²) in [6, 6.07) is -0.393. The van der Waals surface area contributed by atoms with E-state index in [4.69, 9.17) is 4.74 Å². The summed E-state index contributed by atoms with van der Waals surface area (Å²) in [5.74, 6) is -0.585. The second kappa shape index (κ2) is 8.17. The Hall–Kier alpha value is -1.37. The molecule has 1 fully saturated rings. The van der Waals surface area contributed by atoms with Crippen LogP contribution in [0.15, 0.2) is 0 Å². The van der Waals surface area contributed by atoms with Gasteiger partial charge in [0.15, 0.2) is 0 Å². The van der Waals surface area contributed by atoms with E-state index in [0.717, 1.165) is 6.42 Å². The zero-order valence-electron chi connectivity index (χ0n) is 13.0. The van der Waals surface area contributed by atoms with Crippen LogP contribution in [0.3, 0.4) is 0 Å². The zero-order valence-corrected chi connectivity index (χ0v) is 13.0. The molecule has 1 rings (SSSR count). The fourth-order valence-corrected chi connectivity index (χ4v) is 2.25. The third-order valence-electron chi connectivity index (χ3n) is 3.66. The number of amides is 2. The summed E-state index contributed by atoms with van der Waals surface area (Å²) in [5.41, 5.74) is -1.35. The van der Waals surface area contributed by atoms with Gasteiger partial charge in [0.1, 0.15) is 5.54 Å². The summed E-state index contributed by atoms with van der Waals surface area (Å²) in [7, 11) is 0. The van der Waals surface area contributed by atoms with Gasteiger partial charge in [0, 0.05) is 17.6 Å². The van der Waals surface area contributed by atoms with E-state index in [1.54, 1.807) is 4.90 Å². The van der Waals surface area contributed by atoms with Gasteiger partial charge >= 0.3 is 12.0 Å². The number of morpholine rings is 1. The molecule has 0 saturated carbocycles. The van der Waals surface area contributed by atoms with Crippen LogP contribution >= 0.6 is 0 Å². The van der Waals surface area contributed by atoms with Gasteiger partial charge in [-0.1, -0.05) is 26.7 Å². The Kier molecular flexibility index (Phi) is 6.87. The third kappa shape index (κ3) is 5.49. The van der Waals surface area contributed by atoms with Crippen LogP contribution in [-0.2, 0) is 14.5 Å². The van der Waals surface area contributed by atoms with E-state index in [2.05, 4.69) is 24.1 Å². The van der Waals surface area contributed by atoms with Crippen LogP contribution in [0.25, 0.3) is 0 Å². The number of hydrogen-bond donors (Lipinski definition) is 1. The first-order chi connectivity index (χ1) is 9.89. The highest BCUT2D eigenvalue weighted by molar-refractivity contribution is 5.86. The Morgan fingerprint density at radius 1 is 1.38 bits per heavy atom. The van der Waals surface area contributed by atoms with Crippen LogP contribution in [0.1, 0.15) is 40.0 Å². The van der Waals surface area contributed by atoms with Crippen molar-refractivity contribution in [2.45, 2.75) is 45.6 Å². The lowest BCUT2D eigenvalue weighted by Gasteiger charge is -2.32. The lowest BCUT2D eigenvalue weighted by atomic mass is 9.93. The standard InChI is InChI=1S/C14H25FN2O4/c1-11(2)5-4-6-14(3,12(18)21-15)16-13(19)17-7-9-20-10-8-17/h11H,4-10H2,1-3H3,(H,16,19). The van der Waals surface area contributed by atoms with Crippen molar-refractivity contribution in [2.24, 2.45) is 5.92 Å². The second-order valence-electron chi connectivity index (χ2n) is 6.01. The van der Waals surface area contributed by atoms with E-state index in [1.165, 1.54) is 6.92 Å². The number of nitrogens with zero attached hydrogens (tertiary/aromatic N) is 1. The molecule has 1 N–H and O–H groups in total. The summed E-state index contributed by atoms with van der Waals surface area (Å²) < 4.78 is 17.5. The first-order valence-corrected chi connectivity index (χ1v) is 7.37. The number of halogens is 1. The highest BCUT2D eigenvalue weighted by Crippen LogP contribution is 2.19. The second-order valence-corrected chi connectivity index (χ2v) is 6.01. The van der Waals surface area contributed by atoms with Gasteiger partial charge in [-0.2, -0.15) is 0 Å². The summed E-state index contributed by atoms with van der Waals surface area (Å²) >= 11 is 0. The monoisotopic (exact) mass is 304 g/mol. The van der Waals surface area contributed by atoms with Crippen molar-refractivity contribution in [2.75, 3.05) is 26.3 Å². The molecule has 0 radical (unpaired) electrons. The van der Waals surface area contributed by atoms with Gasteiger partial charge in [0.2, 0.25) is 0 Å². The van der Waals surface area contributed by atoms with Gasteiger partial charge in [0.25, 0.3) is 0 Å². The van der Waals surface area contributed by atoms with Crippen LogP contribution in [0.5, 0.6) is 0 Å². The predicted molar refractivity (Wildman–Crippen MR) is 75.2 cm³/mol. The minimum Gasteiger partial charge on any atom is -0.378 e. The molecule has 1 aliphatic heterocycles. The first-order valence-electron chi connectivity index (χ1n) is 7.37. The number of urea groups is 1. The maximum Gasteiger partial charge on any atom is 0.373 e. The molecule has 0 aromatic carbocycles. The highest BCUT2D eigenvalue weighted by atomic mass is 19.3. The van der Waals surface area contributed by atoms with Crippen LogP contribution in [-0.4, -0.2) is 48.7 Å². The van der Waals surface area contributed by atoms with Gasteiger partial charge in [0.05, 0.1) is 13.2 Å². The van der Waals surface area contributed by atoms with Gasteiger partial charge < -0.3 is 15.0 Å². The first kappa shape index (κ1) is 17.7. The number of carbonyl (C=O) groups excluding carboxylic acids is 2. The molecule has 0 aliphatic carbocycles. The van der Waals surface area contributed by atoms with Gasteiger partial charge in [-0.3, -0.25) is 4.94 Å². The number of hydrogen-bond acceptors (Lipinski definition) is 4. The molecule has 7 heteroatoms. The normalized spacial score (nSPS) is 18.2. The van der Waals surface area contributed by atoms with Crippen molar-refractivity contribution < 1.29 is 23.8 Å². The molecule has 21 heavy (non-hydrogen) atoms. The summed E-state index contributed by atoms with van der Waals surface area (Å²) in [6.45, 7) is 7.47. The smallest absolute Gasteiger partial charge is 0.373 e. The van der Waals surface area contributed by atoms with E-state index < -0.39 is 17.5 Å². The Morgan fingerprint density at radius 3 is 2.52 bits per heavy atom. The lowest BCUT2D eigenvalue weighted by molar-refractivity contribution is -0.191. The highest BCUT2D eigenvalue weighted by Gasteiger charge is 2.38. The Morgan fingerprint density at radius 2 is 2.00 bits per heavy atom. The van der Waals surface area contributed by atoms with Crippen molar-refractivity contribution in [3.8, 4) is 0 Å². The minimum absolute atomic E-state index is 0.337. The fourth-order valence-electron chi connectivity index (χ4n) is 2.25. The van der Waals surface area contributed by atoms with Gasteiger partial charge in [-0.25, -0.2) is 9.59 Å². The maximum atomic E-state index is 12.3. The van der Waals surface area contributed by atoms with E-state index in [0.29, 0.717) is 45.1 Å². The number of ether oxygens (including phenoxy) is 1. The molecule has 0 aromatic rings. The Balaban J connectivity index is 2.63. The molecule has 122 valence electrons. The summed E-state index contributed by atoms with van der Waals surface area (Å²) in [6.07, 6.45) is 1.93. The topological polar surface area (TPSA) is 67.9 Å². The molecule has 1 heterocycles. The van der Waals surface area contributed by atoms with E-state index >= 15 is 0 Å². The molecule has 1 aliphatic rings. The Bertz CT molecular complexity index is 359. The quantitative estimate of drug-likeness (QED) is 0.815. The van der Waals surface area contributed by atoms with E-state index in [-0.39, 0.29) is 0 Å². The molecule has 0 spiro atoms. The molecule has 1 saturated heterocycles. The van der Waals surface area contributed by atoms with Crippen molar-refractivity contribution in [1.29, 1.82) is 0 Å². The van der Waals surface area contributed by atoms with Gasteiger partial charge in [-0.15, -0.1) is 0 Å². The van der Waals surface area contributed by atoms with Crippen LogP contribution < -0.4 is 5.32 Å². The number of carbonyl (C=O) groups is 2. The van der Waals surface area contributed by atoms with Crippen molar-refractivity contribution >= 4 is 12.0 Å². The molecule has 0 bridgehead atoms. The Labute approximate surface area is 124 Å². The fraction of sp³-hybridized carbons (Fsp3) is 0.857. The minimum atomic E-state index is -1.35. The van der Waals surface area contributed by atoms with Crippen LogP contribution in [0, 0.1) is 5.92 Å². The van der Waals surface area contributed by atoms with Crippen molar-refractivity contribution in [3.63, 3.8) is 0 Å². The number of nitrogens with one attached hydrogen (secondary N) is 1. The maximum absolute atomic E-state index is 12.3. The predicted octanol–water partition coefficient (Wildman–Crippen LogP) is 2.04.